The summed E-state index contributed by atoms with van der Waals surface area (Å²) in [7, 11) is 1.70. The number of hydroxylamine groups is 2. The van der Waals surface area contributed by atoms with E-state index in [0.717, 1.165) is 51.6 Å². The number of methoxy groups -OCH3 is 1. The van der Waals surface area contributed by atoms with E-state index in [4.69, 9.17) is 23.8 Å². The van der Waals surface area contributed by atoms with E-state index in [0.29, 0.717) is 26.3 Å². The first-order chi connectivity index (χ1) is 27.2. The van der Waals surface area contributed by atoms with Crippen molar-refractivity contribution in [2.75, 3.05) is 26.8 Å². The maximum Gasteiger partial charge on any atom is 0.528 e. The van der Waals surface area contributed by atoms with E-state index in [2.05, 4.69) is 121 Å². The molecule has 7 nitrogen and oxygen atoms in total. The van der Waals surface area contributed by atoms with Crippen LogP contribution in [0, 0.1) is 0 Å². The Morgan fingerprint density at radius 1 is 0.714 bits per heavy atom. The molecule has 1 saturated heterocycles. The van der Waals surface area contributed by atoms with Gasteiger partial charge in [-0.25, -0.2) is 4.79 Å². The molecule has 2 unspecified atom stereocenters. The minimum absolute atomic E-state index is 0.0760. The first-order valence-electron chi connectivity index (χ1n) is 19.4. The molecule has 6 aromatic carbocycles. The van der Waals surface area contributed by atoms with Gasteiger partial charge in [-0.15, -0.1) is 5.06 Å². The van der Waals surface area contributed by atoms with Gasteiger partial charge in [0, 0.05) is 23.4 Å². The van der Waals surface area contributed by atoms with Crippen LogP contribution in [-0.4, -0.2) is 49.7 Å². The van der Waals surface area contributed by atoms with Gasteiger partial charge in [0.1, 0.15) is 17.0 Å². The highest BCUT2D eigenvalue weighted by Gasteiger charge is 2.38. The molecule has 0 saturated carbocycles. The number of ether oxygens (including phenoxy) is 4. The quantitative estimate of drug-likeness (QED) is 0.0860. The number of hydrogen-bond donors (Lipinski definition) is 0. The molecule has 2 atom stereocenters. The molecule has 1 aliphatic heterocycles. The van der Waals surface area contributed by atoms with Gasteiger partial charge in [-0.05, 0) is 66.8 Å². The van der Waals surface area contributed by atoms with E-state index in [1.54, 1.807) is 12.2 Å². The summed E-state index contributed by atoms with van der Waals surface area (Å²) in [5.74, 6) is 0.881. The summed E-state index contributed by atoms with van der Waals surface area (Å²) in [6.07, 6.45) is 0.491. The van der Waals surface area contributed by atoms with Crippen LogP contribution in [0.3, 0.4) is 0 Å². The number of piperidine rings is 1. The number of rotatable bonds is 13. The van der Waals surface area contributed by atoms with Crippen molar-refractivity contribution >= 4 is 16.9 Å². The second-order valence-corrected chi connectivity index (χ2v) is 15.3. The fourth-order valence-corrected chi connectivity index (χ4v) is 7.76. The van der Waals surface area contributed by atoms with Crippen LogP contribution in [0.2, 0.25) is 0 Å². The predicted molar refractivity (Wildman–Crippen MR) is 221 cm³/mol. The van der Waals surface area contributed by atoms with Crippen LogP contribution in [0.5, 0.6) is 5.75 Å². The number of carbonyl (C=O) groups excluding carboxylic acids is 1. The maximum absolute atomic E-state index is 12.6. The fraction of sp³-hybridized carbons (Fsp3) is 0.286. The van der Waals surface area contributed by atoms with E-state index in [-0.39, 0.29) is 12.0 Å². The van der Waals surface area contributed by atoms with E-state index in [1.165, 1.54) is 11.1 Å². The first kappa shape index (κ1) is 38.8. The summed E-state index contributed by atoms with van der Waals surface area (Å²) in [6, 6.07) is 52.6. The van der Waals surface area contributed by atoms with Crippen LogP contribution in [0.15, 0.2) is 152 Å². The second-order valence-electron chi connectivity index (χ2n) is 15.3. The summed E-state index contributed by atoms with van der Waals surface area (Å²) in [6.45, 7) is 7.28. The Kier molecular flexibility index (Phi) is 12.2. The van der Waals surface area contributed by atoms with Crippen molar-refractivity contribution in [3.63, 3.8) is 0 Å². The summed E-state index contributed by atoms with van der Waals surface area (Å²) >= 11 is 0. The molecule has 1 aliphatic rings. The van der Waals surface area contributed by atoms with E-state index >= 15 is 0 Å². The average Bonchev–Trinajstić information content (AvgIpc) is 3.22. The van der Waals surface area contributed by atoms with E-state index in [1.807, 2.05) is 51.1 Å². The smallest absolute Gasteiger partial charge is 0.496 e. The lowest BCUT2D eigenvalue weighted by atomic mass is 9.80. The molecular formula is C49H51NO6. The predicted octanol–water partition coefficient (Wildman–Crippen LogP) is 10.6. The molecule has 7 rings (SSSR count). The molecular weight excluding hydrogens is 699 g/mol. The van der Waals surface area contributed by atoms with Crippen molar-refractivity contribution in [3.8, 4) is 5.75 Å². The standard InChI is InChI=1S/C49H51NO6/c1-48(2,3)55-47(51)56-50-32-30-43(45(34-50)53-35-39-29-28-37-16-14-15-23-44(37)46(39)52-4)38-26-24-36(25-27-38)31-33-54-49(40-17-8-5-9-18-40,41-19-10-6-11-20-41)42-21-12-7-13-22-42/h5-29,43,45H,30-35H2,1-4H3. The molecule has 0 bridgehead atoms. The topological polar surface area (TPSA) is 66.5 Å². The van der Waals surface area contributed by atoms with Gasteiger partial charge in [-0.1, -0.05) is 152 Å². The van der Waals surface area contributed by atoms with Crippen molar-refractivity contribution < 1.29 is 28.6 Å². The fourth-order valence-electron chi connectivity index (χ4n) is 7.76. The molecule has 7 heteroatoms. The highest BCUT2D eigenvalue weighted by atomic mass is 16.8. The van der Waals surface area contributed by atoms with E-state index in [9.17, 15) is 4.79 Å². The summed E-state index contributed by atoms with van der Waals surface area (Å²) in [5, 5.41) is 3.81. The molecule has 1 heterocycles. The highest BCUT2D eigenvalue weighted by molar-refractivity contribution is 5.89. The summed E-state index contributed by atoms with van der Waals surface area (Å²) < 4.78 is 25.1. The zero-order valence-electron chi connectivity index (χ0n) is 32.7. The molecule has 6 aromatic rings. The Morgan fingerprint density at radius 3 is 1.89 bits per heavy atom. The molecule has 0 spiro atoms. The first-order valence-corrected chi connectivity index (χ1v) is 19.4. The van der Waals surface area contributed by atoms with Crippen molar-refractivity contribution in [1.29, 1.82) is 0 Å². The largest absolute Gasteiger partial charge is 0.528 e. The van der Waals surface area contributed by atoms with Gasteiger partial charge in [-0.2, -0.15) is 0 Å². The second kappa shape index (κ2) is 17.5. The van der Waals surface area contributed by atoms with Gasteiger partial charge in [0.25, 0.3) is 0 Å². The zero-order chi connectivity index (χ0) is 39.0. The maximum atomic E-state index is 12.6. The van der Waals surface area contributed by atoms with Crippen LogP contribution in [0.25, 0.3) is 10.8 Å². The van der Waals surface area contributed by atoms with Crippen LogP contribution in [0.4, 0.5) is 4.79 Å². The van der Waals surface area contributed by atoms with Gasteiger partial charge >= 0.3 is 6.16 Å². The van der Waals surface area contributed by atoms with Crippen molar-refractivity contribution in [2.24, 2.45) is 0 Å². The Hall–Kier alpha value is -5.47. The average molecular weight is 750 g/mol. The van der Waals surface area contributed by atoms with Crippen LogP contribution >= 0.6 is 0 Å². The molecule has 0 N–H and O–H groups in total. The molecule has 0 aromatic heterocycles. The Bertz CT molecular complexity index is 2070. The van der Waals surface area contributed by atoms with Crippen molar-refractivity contribution in [3.05, 3.63) is 185 Å². The van der Waals surface area contributed by atoms with Gasteiger partial charge < -0.3 is 23.8 Å². The third kappa shape index (κ3) is 8.97. The lowest BCUT2D eigenvalue weighted by molar-refractivity contribution is -0.179. The SMILES string of the molecule is COc1c(COC2CN(OC(=O)OC(C)(C)C)CCC2c2ccc(CCOC(c3ccccc3)(c3ccccc3)c3ccccc3)cc2)ccc2ccccc12. The summed E-state index contributed by atoms with van der Waals surface area (Å²) in [5.41, 5.74) is 5.15. The number of nitrogens with zero attached hydrogens (tertiary/aromatic N) is 1. The number of hydrogen-bond acceptors (Lipinski definition) is 7. The minimum Gasteiger partial charge on any atom is -0.496 e. The Balaban J connectivity index is 1.09. The van der Waals surface area contributed by atoms with Gasteiger partial charge in [0.15, 0.2) is 0 Å². The van der Waals surface area contributed by atoms with Crippen LogP contribution in [0.1, 0.15) is 66.5 Å². The lowest BCUT2D eigenvalue weighted by Crippen LogP contribution is -2.45. The Morgan fingerprint density at radius 2 is 1.30 bits per heavy atom. The van der Waals surface area contributed by atoms with Crippen molar-refractivity contribution in [1.82, 2.24) is 5.06 Å². The molecule has 0 aliphatic carbocycles. The molecule has 0 amide bonds. The molecule has 0 radical (unpaired) electrons. The van der Waals surface area contributed by atoms with Crippen molar-refractivity contribution in [2.45, 2.75) is 63.4 Å². The lowest BCUT2D eigenvalue weighted by Gasteiger charge is -2.37. The third-order valence-electron chi connectivity index (χ3n) is 10.4. The Labute approximate surface area is 330 Å². The third-order valence-corrected chi connectivity index (χ3v) is 10.4. The van der Waals surface area contributed by atoms with E-state index < -0.39 is 17.4 Å². The number of fused-ring (bicyclic) bond motifs is 1. The van der Waals surface area contributed by atoms with Gasteiger partial charge in [0.2, 0.25) is 0 Å². The van der Waals surface area contributed by atoms with Crippen LogP contribution in [-0.2, 0) is 37.7 Å². The van der Waals surface area contributed by atoms with Gasteiger partial charge in [-0.3, -0.25) is 0 Å². The normalized spacial score (nSPS) is 16.4. The molecule has 56 heavy (non-hydrogen) atoms. The monoisotopic (exact) mass is 749 g/mol. The minimum atomic E-state index is -0.767. The molecule has 288 valence electrons. The summed E-state index contributed by atoms with van der Waals surface area (Å²) in [4.78, 5) is 18.3. The zero-order valence-corrected chi connectivity index (χ0v) is 32.7. The van der Waals surface area contributed by atoms with Crippen LogP contribution < -0.4 is 4.74 Å². The number of carbonyl (C=O) groups is 1. The molecule has 1 fully saturated rings. The highest BCUT2D eigenvalue weighted by Crippen LogP contribution is 2.41. The number of benzene rings is 6. The van der Waals surface area contributed by atoms with Gasteiger partial charge in [0.05, 0.1) is 33.0 Å².